The molecule has 0 amide bonds. The van der Waals surface area contributed by atoms with Crippen LogP contribution in [0.1, 0.15) is 108 Å². The Balaban J connectivity index is 0.000000297. The van der Waals surface area contributed by atoms with E-state index in [1.54, 1.807) is 0 Å². The lowest BCUT2D eigenvalue weighted by atomic mass is 10.0. The quantitative estimate of drug-likeness (QED) is 0.160. The summed E-state index contributed by atoms with van der Waals surface area (Å²) in [5.74, 6) is 5.73. The van der Waals surface area contributed by atoms with Gasteiger partial charge in [0.1, 0.15) is 11.5 Å². The highest BCUT2D eigenvalue weighted by Gasteiger charge is 1.97. The molecule has 10 aromatic carbocycles. The van der Waals surface area contributed by atoms with Gasteiger partial charge in [0.2, 0.25) is 0 Å². The Kier molecular flexibility index (Phi) is 32.6. The maximum Gasteiger partial charge on any atom is 0.127 e. The second-order valence-corrected chi connectivity index (χ2v) is 20.8. The van der Waals surface area contributed by atoms with Gasteiger partial charge in [-0.25, -0.2) is 0 Å². The molecule has 0 unspecified atom stereocenters. The highest BCUT2D eigenvalue weighted by atomic mass is 16.5. The number of para-hydroxylation sites is 2. The molecule has 0 saturated carbocycles. The van der Waals surface area contributed by atoms with Crippen LogP contribution in [-0.2, 0) is 0 Å². The van der Waals surface area contributed by atoms with E-state index in [1.165, 1.54) is 49.0 Å². The molecule has 0 spiro atoms. The van der Waals surface area contributed by atoms with Crippen molar-refractivity contribution in [3.63, 3.8) is 0 Å². The van der Waals surface area contributed by atoms with Gasteiger partial charge in [-0.15, -0.1) is 0 Å². The molecule has 1 heteroatoms. The first-order chi connectivity index (χ1) is 35.5. The van der Waals surface area contributed by atoms with Gasteiger partial charge < -0.3 is 4.74 Å². The van der Waals surface area contributed by atoms with E-state index in [2.05, 4.69) is 279 Å². The minimum Gasteiger partial charge on any atom is -0.457 e. The monoisotopic (exact) mass is 983 g/mol. The van der Waals surface area contributed by atoms with Gasteiger partial charge in [0.25, 0.3) is 0 Å². The molecule has 1 nitrogen and oxygen atoms in total. The first-order valence-electron chi connectivity index (χ1n) is 26.8. The third kappa shape index (κ3) is 30.6. The molecule has 0 N–H and O–H groups in total. The molecule has 0 fully saturated rings. The van der Waals surface area contributed by atoms with Crippen molar-refractivity contribution in [1.82, 2.24) is 0 Å². The number of benzene rings is 10. The van der Waals surface area contributed by atoms with E-state index in [4.69, 9.17) is 4.74 Å². The Morgan fingerprint density at radius 3 is 0.622 bits per heavy atom. The number of ether oxygens (including phenoxy) is 1. The predicted molar refractivity (Wildman–Crippen MR) is 333 cm³/mol. The van der Waals surface area contributed by atoms with Crippen LogP contribution in [-0.4, -0.2) is 0 Å². The van der Waals surface area contributed by atoms with Gasteiger partial charge in [0.15, 0.2) is 0 Å². The number of rotatable bonds is 4. The fraction of sp³-hybridized carbons (Fsp3) is 0.260. The summed E-state index contributed by atoms with van der Waals surface area (Å²) in [4.78, 5) is 0. The first kappa shape index (κ1) is 62.9. The summed E-state index contributed by atoms with van der Waals surface area (Å²) in [6.45, 7) is 30.4. The average molecular weight is 984 g/mol. The highest BCUT2D eigenvalue weighted by Crippen LogP contribution is 2.23. The van der Waals surface area contributed by atoms with E-state index in [-0.39, 0.29) is 0 Å². The van der Waals surface area contributed by atoms with Crippen molar-refractivity contribution in [3.05, 3.63) is 266 Å². The number of hydrogen-bond acceptors (Lipinski definition) is 1. The summed E-state index contributed by atoms with van der Waals surface area (Å²) in [5.41, 5.74) is 3.97. The second kappa shape index (κ2) is 38.4. The zero-order chi connectivity index (χ0) is 54.4. The van der Waals surface area contributed by atoms with Crippen molar-refractivity contribution in [2.24, 2.45) is 23.7 Å². The minimum atomic E-state index is 0.659. The smallest absolute Gasteiger partial charge is 0.127 e. The summed E-state index contributed by atoms with van der Waals surface area (Å²) in [6.07, 6.45) is 0. The summed E-state index contributed by atoms with van der Waals surface area (Å²) in [7, 11) is 0. The van der Waals surface area contributed by atoms with E-state index in [1.807, 2.05) is 78.9 Å². The van der Waals surface area contributed by atoms with Crippen molar-refractivity contribution in [2.45, 2.75) is 103 Å². The van der Waals surface area contributed by atoms with Crippen molar-refractivity contribution in [2.75, 3.05) is 0 Å². The maximum absolute atomic E-state index is 5.58. The molecule has 0 radical (unpaired) electrons. The lowest BCUT2D eigenvalue weighted by Gasteiger charge is -2.03. The lowest BCUT2D eigenvalue weighted by molar-refractivity contribution is 0.482. The maximum atomic E-state index is 5.58. The summed E-state index contributed by atoms with van der Waals surface area (Å²) >= 11 is 0. The van der Waals surface area contributed by atoms with Gasteiger partial charge in [-0.3, -0.25) is 0 Å². The van der Waals surface area contributed by atoms with E-state index in [0.29, 0.717) is 5.92 Å². The van der Waals surface area contributed by atoms with Gasteiger partial charge in [0.05, 0.1) is 0 Å². The van der Waals surface area contributed by atoms with E-state index in [9.17, 15) is 0 Å². The standard InChI is InChI=1S/C14H10.C12H10O.C12H10.C10H8.C9H12.4C4H10/c1-2-6-12-10-14-8-4-3-7-13(14)9-11(12)5-1;1-3-7-11(8-4-1)13-12-9-5-2-6-10-12;1-3-7-11(8-4-1)12-9-5-2-6-10-12;1-2-6-10-8-4-3-7-9(10)5-1;1-8(2)9-6-4-3-5-7-9;4*1-4(2)3/h1-10H;1-10H;1-10H;1-8H;3-8H,1-2H3;4*4H,1-3H3. The number of fused-ring (bicyclic) bond motifs is 3. The van der Waals surface area contributed by atoms with Crippen LogP contribution < -0.4 is 4.74 Å². The Morgan fingerprint density at radius 2 is 0.405 bits per heavy atom. The van der Waals surface area contributed by atoms with Gasteiger partial charge in [-0.2, -0.15) is 0 Å². The Labute approximate surface area is 450 Å². The molecule has 0 saturated heterocycles. The molecular weight excluding hydrogens is 893 g/mol. The zero-order valence-electron chi connectivity index (χ0n) is 47.6. The third-order valence-corrected chi connectivity index (χ3v) is 9.34. The van der Waals surface area contributed by atoms with Crippen LogP contribution in [0.15, 0.2) is 261 Å². The zero-order valence-corrected chi connectivity index (χ0v) is 47.6. The van der Waals surface area contributed by atoms with Gasteiger partial charge in [-0.05, 0) is 115 Å². The fourth-order valence-electron chi connectivity index (χ4n) is 6.23. The predicted octanol–water partition coefficient (Wildman–Crippen LogP) is 23.1. The summed E-state index contributed by atoms with van der Waals surface area (Å²) in [6, 6.07) is 89.0. The molecular formula is C73H90O. The van der Waals surface area contributed by atoms with Crippen molar-refractivity contribution >= 4 is 32.3 Å². The van der Waals surface area contributed by atoms with Crippen LogP contribution in [0.5, 0.6) is 11.5 Å². The molecule has 0 aromatic heterocycles. The molecule has 0 aliphatic carbocycles. The summed E-state index contributed by atoms with van der Waals surface area (Å²) < 4.78 is 5.58. The highest BCUT2D eigenvalue weighted by molar-refractivity contribution is 5.98. The SMILES string of the molecule is CC(C)C.CC(C)C.CC(C)C.CC(C)C.CC(C)c1ccccc1.c1ccc(-c2ccccc2)cc1.c1ccc(Oc2ccccc2)cc1.c1ccc2cc3ccccc3cc2c1.c1ccc2ccccc2c1. The van der Waals surface area contributed by atoms with Gasteiger partial charge in [-0.1, -0.05) is 321 Å². The van der Waals surface area contributed by atoms with E-state index < -0.39 is 0 Å². The molecule has 10 aromatic rings. The number of hydrogen-bond donors (Lipinski definition) is 0. The largest absolute Gasteiger partial charge is 0.457 e. The van der Waals surface area contributed by atoms with Crippen LogP contribution >= 0.6 is 0 Å². The second-order valence-electron chi connectivity index (χ2n) is 20.8. The van der Waals surface area contributed by atoms with Crippen molar-refractivity contribution < 1.29 is 4.74 Å². The molecule has 0 aliphatic rings. The first-order valence-corrected chi connectivity index (χ1v) is 26.8. The lowest BCUT2D eigenvalue weighted by Crippen LogP contribution is -1.83. The van der Waals surface area contributed by atoms with Crippen LogP contribution in [0.25, 0.3) is 43.4 Å². The summed E-state index contributed by atoms with van der Waals surface area (Å²) in [5, 5.41) is 7.87. The van der Waals surface area contributed by atoms with Crippen LogP contribution in [0, 0.1) is 23.7 Å². The van der Waals surface area contributed by atoms with Crippen LogP contribution in [0.4, 0.5) is 0 Å². The molecule has 74 heavy (non-hydrogen) atoms. The fourth-order valence-corrected chi connectivity index (χ4v) is 6.23. The molecule has 0 bridgehead atoms. The van der Waals surface area contributed by atoms with Gasteiger partial charge in [0, 0.05) is 0 Å². The van der Waals surface area contributed by atoms with E-state index in [0.717, 1.165) is 35.2 Å². The Hall–Kier alpha value is -7.22. The normalized spacial score (nSPS) is 9.82. The third-order valence-electron chi connectivity index (χ3n) is 9.34. The van der Waals surface area contributed by atoms with Gasteiger partial charge >= 0.3 is 0 Å². The van der Waals surface area contributed by atoms with E-state index >= 15 is 0 Å². The molecule has 0 heterocycles. The molecule has 388 valence electrons. The average Bonchev–Trinajstić information content (AvgIpc) is 3.39. The van der Waals surface area contributed by atoms with Crippen LogP contribution in [0.3, 0.4) is 0 Å². The Bertz CT molecular complexity index is 2570. The van der Waals surface area contributed by atoms with Crippen LogP contribution in [0.2, 0.25) is 0 Å². The minimum absolute atomic E-state index is 0.659. The topological polar surface area (TPSA) is 9.23 Å². The van der Waals surface area contributed by atoms with Crippen molar-refractivity contribution in [3.8, 4) is 22.6 Å². The molecule has 10 rings (SSSR count). The molecule has 0 aliphatic heterocycles. The Morgan fingerprint density at radius 1 is 0.216 bits per heavy atom. The molecule has 0 atom stereocenters. The van der Waals surface area contributed by atoms with Crippen molar-refractivity contribution in [1.29, 1.82) is 0 Å².